The molecule has 10 heteroatoms. The molecule has 108 valence electrons. The Morgan fingerprint density at radius 1 is 1.63 bits per heavy atom. The van der Waals surface area contributed by atoms with Crippen LogP contribution in [0.25, 0.3) is 0 Å². The lowest BCUT2D eigenvalue weighted by Crippen LogP contribution is -2.36. The lowest BCUT2D eigenvalue weighted by Gasteiger charge is -2.15. The first kappa shape index (κ1) is 15.4. The normalized spacial score (nSPS) is 13.3. The van der Waals surface area contributed by atoms with Gasteiger partial charge < -0.3 is 9.84 Å². The number of methoxy groups -OCH3 is 1. The van der Waals surface area contributed by atoms with Crippen molar-refractivity contribution in [1.29, 1.82) is 0 Å². The first-order chi connectivity index (χ1) is 8.87. The molecule has 0 fully saturated rings. The standard InChI is InChI=1S/C9H13F3N4O3/c1-19-8(18)7(13-5-9(10,11)12)6-4-16(2-3-17)15-14-6/h4,7,13,17H,2-3,5H2,1H3. The molecule has 2 N–H and O–H groups in total. The van der Waals surface area contributed by atoms with Crippen molar-refractivity contribution in [2.45, 2.75) is 18.8 Å². The maximum Gasteiger partial charge on any atom is 0.401 e. The van der Waals surface area contributed by atoms with E-state index in [1.54, 1.807) is 0 Å². The van der Waals surface area contributed by atoms with Gasteiger partial charge in [0.15, 0.2) is 6.04 Å². The summed E-state index contributed by atoms with van der Waals surface area (Å²) in [7, 11) is 1.06. The fourth-order valence-electron chi connectivity index (χ4n) is 1.30. The van der Waals surface area contributed by atoms with E-state index in [1.807, 2.05) is 5.32 Å². The number of carbonyl (C=O) groups excluding carboxylic acids is 1. The second kappa shape index (κ2) is 6.48. The number of carbonyl (C=O) groups is 1. The fourth-order valence-corrected chi connectivity index (χ4v) is 1.30. The van der Waals surface area contributed by atoms with Crippen LogP contribution in [0.2, 0.25) is 0 Å². The third-order valence-corrected chi connectivity index (χ3v) is 2.12. The Morgan fingerprint density at radius 3 is 2.84 bits per heavy atom. The van der Waals surface area contributed by atoms with E-state index in [0.717, 1.165) is 7.11 Å². The molecule has 1 unspecified atom stereocenters. The second-order valence-corrected chi connectivity index (χ2v) is 3.58. The molecule has 0 aliphatic rings. The number of aliphatic hydroxyl groups excluding tert-OH is 1. The number of hydrogen-bond donors (Lipinski definition) is 2. The molecule has 0 spiro atoms. The Kier molecular flexibility index (Phi) is 5.24. The van der Waals surface area contributed by atoms with Crippen LogP contribution in [0.15, 0.2) is 6.20 Å². The first-order valence-corrected chi connectivity index (χ1v) is 5.26. The molecular weight excluding hydrogens is 269 g/mol. The summed E-state index contributed by atoms with van der Waals surface area (Å²) in [6.07, 6.45) is -3.20. The second-order valence-electron chi connectivity index (χ2n) is 3.58. The SMILES string of the molecule is COC(=O)C(NCC(F)(F)F)c1cn(CCO)nn1. The Labute approximate surface area is 106 Å². The van der Waals surface area contributed by atoms with E-state index in [1.165, 1.54) is 10.9 Å². The maximum atomic E-state index is 12.1. The third kappa shape index (κ3) is 4.83. The van der Waals surface area contributed by atoms with E-state index in [0.29, 0.717) is 0 Å². The van der Waals surface area contributed by atoms with Crippen LogP contribution in [0.3, 0.4) is 0 Å². The number of halogens is 3. The minimum absolute atomic E-state index is 0.00968. The zero-order chi connectivity index (χ0) is 14.5. The summed E-state index contributed by atoms with van der Waals surface area (Å²) in [4.78, 5) is 11.4. The number of rotatable bonds is 6. The van der Waals surface area contributed by atoms with Crippen LogP contribution in [0, 0.1) is 0 Å². The molecule has 0 aliphatic heterocycles. The van der Waals surface area contributed by atoms with Gasteiger partial charge in [0.05, 0.1) is 33.0 Å². The van der Waals surface area contributed by atoms with Crippen molar-refractivity contribution < 1.29 is 27.8 Å². The minimum atomic E-state index is -4.46. The number of aromatic nitrogens is 3. The monoisotopic (exact) mass is 282 g/mol. The van der Waals surface area contributed by atoms with E-state index in [-0.39, 0.29) is 18.8 Å². The highest BCUT2D eigenvalue weighted by Crippen LogP contribution is 2.17. The molecule has 1 aromatic rings. The van der Waals surface area contributed by atoms with Gasteiger partial charge in [-0.15, -0.1) is 5.10 Å². The Hall–Kier alpha value is -1.68. The molecule has 1 heterocycles. The molecule has 0 saturated carbocycles. The van der Waals surface area contributed by atoms with Gasteiger partial charge in [0, 0.05) is 0 Å². The van der Waals surface area contributed by atoms with E-state index in [9.17, 15) is 18.0 Å². The van der Waals surface area contributed by atoms with Gasteiger partial charge in [-0.2, -0.15) is 13.2 Å². The van der Waals surface area contributed by atoms with Gasteiger partial charge in [0.25, 0.3) is 0 Å². The topological polar surface area (TPSA) is 89.3 Å². The molecule has 0 radical (unpaired) electrons. The minimum Gasteiger partial charge on any atom is -0.468 e. The van der Waals surface area contributed by atoms with Crippen molar-refractivity contribution in [3.63, 3.8) is 0 Å². The van der Waals surface area contributed by atoms with Crippen LogP contribution in [0.1, 0.15) is 11.7 Å². The third-order valence-electron chi connectivity index (χ3n) is 2.12. The van der Waals surface area contributed by atoms with Gasteiger partial charge in [-0.3, -0.25) is 5.32 Å². The molecule has 7 nitrogen and oxygen atoms in total. The van der Waals surface area contributed by atoms with Crippen molar-refractivity contribution in [3.8, 4) is 0 Å². The highest BCUT2D eigenvalue weighted by molar-refractivity contribution is 5.76. The number of nitrogens with zero attached hydrogens (tertiary/aromatic N) is 3. The summed E-state index contributed by atoms with van der Waals surface area (Å²) in [5.41, 5.74) is -0.00968. The summed E-state index contributed by atoms with van der Waals surface area (Å²) in [6.45, 7) is -1.44. The Balaban J connectivity index is 2.80. The van der Waals surface area contributed by atoms with Crippen LogP contribution in [0.4, 0.5) is 13.2 Å². The summed E-state index contributed by atoms with van der Waals surface area (Å²) in [5.74, 6) is -0.903. The number of hydrogen-bond acceptors (Lipinski definition) is 6. The molecule has 0 saturated heterocycles. The van der Waals surface area contributed by atoms with Crippen LogP contribution in [-0.2, 0) is 16.1 Å². The quantitative estimate of drug-likeness (QED) is 0.692. The lowest BCUT2D eigenvalue weighted by atomic mass is 10.2. The highest BCUT2D eigenvalue weighted by Gasteiger charge is 2.32. The number of nitrogens with one attached hydrogen (secondary N) is 1. The van der Waals surface area contributed by atoms with E-state index in [4.69, 9.17) is 5.11 Å². The number of ether oxygens (including phenoxy) is 1. The van der Waals surface area contributed by atoms with Crippen molar-refractivity contribution in [2.75, 3.05) is 20.3 Å². The van der Waals surface area contributed by atoms with Crippen LogP contribution < -0.4 is 5.32 Å². The Morgan fingerprint density at radius 2 is 2.32 bits per heavy atom. The molecular formula is C9H13F3N4O3. The smallest absolute Gasteiger partial charge is 0.401 e. The zero-order valence-electron chi connectivity index (χ0n) is 10.0. The Bertz CT molecular complexity index is 421. The summed E-state index contributed by atoms with van der Waals surface area (Å²) >= 11 is 0. The maximum absolute atomic E-state index is 12.1. The van der Waals surface area contributed by atoms with Gasteiger partial charge in [-0.05, 0) is 0 Å². The molecule has 1 aromatic heterocycles. The average Bonchev–Trinajstić information content (AvgIpc) is 2.76. The van der Waals surface area contributed by atoms with Gasteiger partial charge >= 0.3 is 12.1 Å². The zero-order valence-corrected chi connectivity index (χ0v) is 10.0. The van der Waals surface area contributed by atoms with Crippen molar-refractivity contribution >= 4 is 5.97 Å². The lowest BCUT2D eigenvalue weighted by molar-refractivity contribution is -0.147. The number of alkyl halides is 3. The van der Waals surface area contributed by atoms with Crippen molar-refractivity contribution in [2.24, 2.45) is 0 Å². The predicted molar refractivity (Wildman–Crippen MR) is 55.9 cm³/mol. The van der Waals surface area contributed by atoms with Gasteiger partial charge in [0.1, 0.15) is 5.69 Å². The van der Waals surface area contributed by atoms with Crippen LogP contribution in [-0.4, -0.2) is 52.5 Å². The molecule has 0 aromatic carbocycles. The summed E-state index contributed by atoms with van der Waals surface area (Å²) < 4.78 is 42.0. The first-order valence-electron chi connectivity index (χ1n) is 5.26. The highest BCUT2D eigenvalue weighted by atomic mass is 19.4. The van der Waals surface area contributed by atoms with Crippen molar-refractivity contribution in [3.05, 3.63) is 11.9 Å². The summed E-state index contributed by atoms with van der Waals surface area (Å²) in [6, 6.07) is -1.36. The molecule has 1 rings (SSSR count). The average molecular weight is 282 g/mol. The number of esters is 1. The van der Waals surface area contributed by atoms with Crippen LogP contribution >= 0.6 is 0 Å². The molecule has 19 heavy (non-hydrogen) atoms. The van der Waals surface area contributed by atoms with Gasteiger partial charge in [0.2, 0.25) is 0 Å². The van der Waals surface area contributed by atoms with Crippen molar-refractivity contribution in [1.82, 2.24) is 20.3 Å². The fraction of sp³-hybridized carbons (Fsp3) is 0.667. The summed E-state index contributed by atoms with van der Waals surface area (Å²) in [5, 5.41) is 17.8. The molecule has 0 bridgehead atoms. The van der Waals surface area contributed by atoms with Crippen LogP contribution in [0.5, 0.6) is 0 Å². The molecule has 0 amide bonds. The molecule has 0 aliphatic carbocycles. The van der Waals surface area contributed by atoms with Gasteiger partial charge in [-0.1, -0.05) is 5.21 Å². The molecule has 1 atom stereocenters. The predicted octanol–water partition coefficient (Wildman–Crippen LogP) is -0.364. The van der Waals surface area contributed by atoms with E-state index in [2.05, 4.69) is 15.0 Å². The number of aliphatic hydroxyl groups is 1. The van der Waals surface area contributed by atoms with E-state index >= 15 is 0 Å². The largest absolute Gasteiger partial charge is 0.468 e. The van der Waals surface area contributed by atoms with Gasteiger partial charge in [-0.25, -0.2) is 9.48 Å². The van der Waals surface area contributed by atoms with E-state index < -0.39 is 24.7 Å².